The monoisotopic (exact) mass is 479 g/mol. The summed E-state index contributed by atoms with van der Waals surface area (Å²) >= 11 is 0. The van der Waals surface area contributed by atoms with E-state index >= 15 is 0 Å². The van der Waals surface area contributed by atoms with Crippen LogP contribution >= 0.6 is 0 Å². The van der Waals surface area contributed by atoms with Gasteiger partial charge in [-0.05, 0) is 51.0 Å². The van der Waals surface area contributed by atoms with E-state index in [1.165, 1.54) is 0 Å². The van der Waals surface area contributed by atoms with Gasteiger partial charge in [0.1, 0.15) is 5.82 Å². The number of amides is 1. The Balaban J connectivity index is 0.00000241. The molecule has 3 aromatic rings. The van der Waals surface area contributed by atoms with Crippen molar-refractivity contribution < 1.29 is 7.65 Å². The zero-order valence-electron chi connectivity index (χ0n) is 21.3. The summed E-state index contributed by atoms with van der Waals surface area (Å²) in [6.45, 7) is 11.4. The Morgan fingerprint density at radius 1 is 1.14 bits per heavy atom. The van der Waals surface area contributed by atoms with Crippen LogP contribution in [0.2, 0.25) is 0 Å². The van der Waals surface area contributed by atoms with Crippen LogP contribution in [0.5, 0.6) is 0 Å². The van der Waals surface area contributed by atoms with Crippen LogP contribution in [0.1, 0.15) is 71.2 Å². The van der Waals surface area contributed by atoms with Crippen molar-refractivity contribution in [3.8, 4) is 0 Å². The topological polar surface area (TPSA) is 79.3 Å². The molecule has 1 unspecified atom stereocenters. The van der Waals surface area contributed by atoms with Gasteiger partial charge in [0.2, 0.25) is 0 Å². The first-order valence-electron chi connectivity index (χ1n) is 12.8. The van der Waals surface area contributed by atoms with Crippen LogP contribution in [-0.2, 0) is 13.1 Å². The number of carbonyl (C=O) groups excluding carboxylic acids is 1. The van der Waals surface area contributed by atoms with Crippen molar-refractivity contribution in [2.24, 2.45) is 0 Å². The van der Waals surface area contributed by atoms with Crippen molar-refractivity contribution in [3.05, 3.63) is 75.8 Å². The lowest BCUT2D eigenvalue weighted by atomic mass is 10.0. The fraction of sp³-hybridized carbons (Fsp3) is 0.464. The van der Waals surface area contributed by atoms with Gasteiger partial charge in [0.25, 0.3) is 11.5 Å². The molecule has 2 heterocycles. The second-order valence-corrected chi connectivity index (χ2v) is 9.65. The van der Waals surface area contributed by atoms with Gasteiger partial charge >= 0.3 is 0 Å². The van der Waals surface area contributed by atoms with Crippen LogP contribution in [0.4, 0.5) is 0 Å². The highest BCUT2D eigenvalue weighted by Gasteiger charge is 2.30. The van der Waals surface area contributed by atoms with Crippen molar-refractivity contribution in [1.82, 2.24) is 25.1 Å². The van der Waals surface area contributed by atoms with E-state index in [2.05, 4.69) is 36.3 Å². The minimum Gasteiger partial charge on any atom is -0.348 e. The van der Waals surface area contributed by atoms with Crippen LogP contribution in [0.3, 0.4) is 0 Å². The van der Waals surface area contributed by atoms with Gasteiger partial charge in [-0.15, -0.1) is 0 Å². The maximum atomic E-state index is 13.5. The highest BCUT2D eigenvalue weighted by atomic mass is 16.1. The molecule has 2 aromatic carbocycles. The molecule has 1 fully saturated rings. The number of carbonyl (C=O) groups is 1. The molecule has 1 aliphatic rings. The van der Waals surface area contributed by atoms with E-state index in [1.54, 1.807) is 18.2 Å². The molecule has 1 amide bonds. The van der Waals surface area contributed by atoms with Crippen molar-refractivity contribution in [2.75, 3.05) is 13.1 Å². The number of piperazine rings is 1. The normalized spacial score (nSPS) is 19.5. The number of aromatic nitrogens is 2. The predicted octanol–water partition coefficient (Wildman–Crippen LogP) is 4.36. The van der Waals surface area contributed by atoms with Crippen LogP contribution in [0, 0.1) is 0 Å². The minimum absolute atomic E-state index is 0. The third-order valence-corrected chi connectivity index (χ3v) is 6.75. The van der Waals surface area contributed by atoms with E-state index in [0.29, 0.717) is 41.6 Å². The van der Waals surface area contributed by atoms with Gasteiger partial charge in [-0.3, -0.25) is 19.1 Å². The Kier molecular flexibility index (Phi) is 7.98. The largest absolute Gasteiger partial charge is 0.348 e. The van der Waals surface area contributed by atoms with Gasteiger partial charge in [-0.25, -0.2) is 4.98 Å². The quantitative estimate of drug-likeness (QED) is 0.502. The smallest absolute Gasteiger partial charge is 0.261 e. The molecule has 1 saturated heterocycles. The molecule has 7 nitrogen and oxygen atoms in total. The molecule has 7 heteroatoms. The Morgan fingerprint density at radius 3 is 2.51 bits per heavy atom. The lowest BCUT2D eigenvalue weighted by Gasteiger charge is -2.41. The van der Waals surface area contributed by atoms with Crippen LogP contribution in [0.15, 0.2) is 53.3 Å². The van der Waals surface area contributed by atoms with E-state index in [-0.39, 0.29) is 20.4 Å². The molecule has 190 valence electrons. The number of nitrogens with one attached hydrogen (secondary N) is 2. The van der Waals surface area contributed by atoms with Crippen molar-refractivity contribution >= 4 is 16.8 Å². The fourth-order valence-corrected chi connectivity index (χ4v) is 5.19. The van der Waals surface area contributed by atoms with E-state index < -0.39 is 0 Å². The standard InChI is InChI=1S/C28H37N5O2.2H2/c1-5-10-25(32-17-19(3)30-20(4)18-32)26-31-24-15-22(13-14-23(24)28(35)33(26)6-2)27(34)29-16-21-11-8-7-9-12-21;;/h7-9,11-15,19-20,25,30H,5-6,10,16-18H2,1-4H3,(H,29,34);2*1H/t19-,20+,25?;;. The Bertz CT molecular complexity index is 1220. The summed E-state index contributed by atoms with van der Waals surface area (Å²) in [7, 11) is 0. The molecular formula is C28H41N5O2. The zero-order chi connectivity index (χ0) is 24.9. The summed E-state index contributed by atoms with van der Waals surface area (Å²) in [6, 6.07) is 15.8. The van der Waals surface area contributed by atoms with Gasteiger partial charge in [0.15, 0.2) is 0 Å². The van der Waals surface area contributed by atoms with Crippen LogP contribution < -0.4 is 16.2 Å². The Morgan fingerprint density at radius 2 is 1.86 bits per heavy atom. The second kappa shape index (κ2) is 11.1. The Hall–Kier alpha value is -3.03. The molecule has 0 aliphatic carbocycles. The molecule has 1 aromatic heterocycles. The molecule has 0 radical (unpaired) electrons. The molecule has 2 N–H and O–H groups in total. The number of fused-ring (bicyclic) bond motifs is 1. The van der Waals surface area contributed by atoms with Crippen molar-refractivity contribution in [2.45, 2.75) is 71.8 Å². The van der Waals surface area contributed by atoms with E-state index in [4.69, 9.17) is 4.98 Å². The molecule has 4 rings (SSSR count). The maximum Gasteiger partial charge on any atom is 0.261 e. The molecule has 0 saturated carbocycles. The highest BCUT2D eigenvalue weighted by Crippen LogP contribution is 2.27. The summed E-state index contributed by atoms with van der Waals surface area (Å²) in [5.41, 5.74) is 2.09. The molecule has 1 aliphatic heterocycles. The first kappa shape index (κ1) is 25.1. The maximum absolute atomic E-state index is 13.5. The van der Waals surface area contributed by atoms with Gasteiger partial charge in [-0.1, -0.05) is 43.7 Å². The van der Waals surface area contributed by atoms with Crippen molar-refractivity contribution in [3.63, 3.8) is 0 Å². The van der Waals surface area contributed by atoms with Crippen LogP contribution in [-0.4, -0.2) is 45.5 Å². The third-order valence-electron chi connectivity index (χ3n) is 6.75. The molecule has 0 bridgehead atoms. The summed E-state index contributed by atoms with van der Waals surface area (Å²) in [4.78, 5) is 33.9. The van der Waals surface area contributed by atoms with E-state index in [1.807, 2.05) is 41.8 Å². The lowest BCUT2D eigenvalue weighted by molar-refractivity contribution is 0.0951. The molecule has 0 spiro atoms. The number of hydrogen-bond acceptors (Lipinski definition) is 5. The van der Waals surface area contributed by atoms with Crippen molar-refractivity contribution in [1.29, 1.82) is 0 Å². The van der Waals surface area contributed by atoms with Gasteiger partial charge in [-0.2, -0.15) is 0 Å². The molecule has 35 heavy (non-hydrogen) atoms. The Labute approximate surface area is 210 Å². The number of hydrogen-bond donors (Lipinski definition) is 2. The summed E-state index contributed by atoms with van der Waals surface area (Å²) in [6.07, 6.45) is 1.92. The lowest BCUT2D eigenvalue weighted by Crippen LogP contribution is -2.55. The number of nitrogens with zero attached hydrogens (tertiary/aromatic N) is 3. The summed E-state index contributed by atoms with van der Waals surface area (Å²) < 4.78 is 1.81. The summed E-state index contributed by atoms with van der Waals surface area (Å²) in [5.74, 6) is 0.628. The van der Waals surface area contributed by atoms with E-state index in [0.717, 1.165) is 37.3 Å². The highest BCUT2D eigenvalue weighted by molar-refractivity contribution is 5.97. The van der Waals surface area contributed by atoms with Gasteiger partial charge < -0.3 is 10.6 Å². The zero-order valence-corrected chi connectivity index (χ0v) is 21.3. The second-order valence-electron chi connectivity index (χ2n) is 9.65. The predicted molar refractivity (Wildman–Crippen MR) is 145 cm³/mol. The average Bonchev–Trinajstić information content (AvgIpc) is 2.85. The third kappa shape index (κ3) is 5.63. The van der Waals surface area contributed by atoms with E-state index in [9.17, 15) is 9.59 Å². The first-order valence-corrected chi connectivity index (χ1v) is 12.8. The first-order chi connectivity index (χ1) is 16.9. The number of benzene rings is 2. The van der Waals surface area contributed by atoms with Crippen LogP contribution in [0.25, 0.3) is 10.9 Å². The fourth-order valence-electron chi connectivity index (χ4n) is 5.19. The van der Waals surface area contributed by atoms with Gasteiger partial charge in [0, 0.05) is 46.7 Å². The minimum atomic E-state index is -0.173. The van der Waals surface area contributed by atoms with Gasteiger partial charge in [0.05, 0.1) is 16.9 Å². The average molecular weight is 480 g/mol. The summed E-state index contributed by atoms with van der Waals surface area (Å²) in [5, 5.41) is 7.12. The molecule has 3 atom stereocenters. The number of rotatable bonds is 8. The molecular weight excluding hydrogens is 438 g/mol. The SMILES string of the molecule is CCCC(c1nc2cc(C(=O)NCc3ccccc3)ccc2c(=O)n1CC)N1C[C@@H](C)N[C@@H](C)C1.[HH].[HH].